The Labute approximate surface area is 145 Å². The van der Waals surface area contributed by atoms with Crippen molar-refractivity contribution in [2.24, 2.45) is 0 Å². The number of carbonyl (C=O) groups excluding carboxylic acids is 1. The molecule has 0 radical (unpaired) electrons. The zero-order chi connectivity index (χ0) is 17.2. The predicted octanol–water partition coefficient (Wildman–Crippen LogP) is 3.03. The highest BCUT2D eigenvalue weighted by Gasteiger charge is 2.43. The number of halogens is 4. The first-order chi connectivity index (χ1) is 10.8. The molecule has 124 valence electrons. The molecule has 1 aromatic rings. The summed E-state index contributed by atoms with van der Waals surface area (Å²) in [5, 5.41) is 9.18. The van der Waals surface area contributed by atoms with Gasteiger partial charge in [0, 0.05) is 23.4 Å². The number of nitrogens with zero attached hydrogens (tertiary/aromatic N) is 2. The van der Waals surface area contributed by atoms with Gasteiger partial charge in [0.05, 0.1) is 12.7 Å². The molecule has 2 rings (SSSR count). The van der Waals surface area contributed by atoms with E-state index in [2.05, 4.69) is 22.6 Å². The average Bonchev–Trinajstić information content (AvgIpc) is 2.70. The van der Waals surface area contributed by atoms with Gasteiger partial charge < -0.3 is 9.64 Å². The van der Waals surface area contributed by atoms with Crippen molar-refractivity contribution < 1.29 is 22.7 Å². The summed E-state index contributed by atoms with van der Waals surface area (Å²) >= 11 is 2.08. The van der Waals surface area contributed by atoms with E-state index < -0.39 is 12.1 Å². The van der Waals surface area contributed by atoms with Gasteiger partial charge in [0.25, 0.3) is 0 Å². The molecule has 1 amide bonds. The summed E-state index contributed by atoms with van der Waals surface area (Å²) in [6, 6.07) is 5.39. The number of amides is 1. The van der Waals surface area contributed by atoms with Crippen molar-refractivity contribution in [1.82, 2.24) is 4.90 Å². The molecular formula is C15H14F3IN2O2. The number of carbonyl (C=O) groups is 1. The Balaban J connectivity index is 2.41. The van der Waals surface area contributed by atoms with Gasteiger partial charge in [-0.05, 0) is 29.7 Å². The van der Waals surface area contributed by atoms with Gasteiger partial charge in [-0.1, -0.05) is 22.6 Å². The molecule has 0 saturated heterocycles. The third-order valence-electron chi connectivity index (χ3n) is 3.83. The van der Waals surface area contributed by atoms with Gasteiger partial charge in [0.2, 0.25) is 0 Å². The molecule has 1 heterocycles. The van der Waals surface area contributed by atoms with Gasteiger partial charge >= 0.3 is 12.1 Å². The monoisotopic (exact) mass is 438 g/mol. The molecule has 1 atom stereocenters. The highest BCUT2D eigenvalue weighted by Crippen LogP contribution is 2.33. The second-order valence-corrected chi connectivity index (χ2v) is 6.09. The lowest BCUT2D eigenvalue weighted by molar-refractivity contribution is -0.185. The molecule has 1 aliphatic heterocycles. The van der Waals surface area contributed by atoms with E-state index in [9.17, 15) is 23.2 Å². The van der Waals surface area contributed by atoms with Crippen LogP contribution in [0.25, 0.3) is 0 Å². The normalized spacial score (nSPS) is 17.9. The van der Waals surface area contributed by atoms with Crippen LogP contribution in [0.5, 0.6) is 5.75 Å². The molecule has 1 aliphatic rings. The largest absolute Gasteiger partial charge is 0.495 e. The first kappa shape index (κ1) is 17.8. The smallest absolute Gasteiger partial charge is 0.471 e. The van der Waals surface area contributed by atoms with Crippen LogP contribution in [0.3, 0.4) is 0 Å². The highest BCUT2D eigenvalue weighted by molar-refractivity contribution is 14.1. The fourth-order valence-electron chi connectivity index (χ4n) is 2.70. The Hall–Kier alpha value is -1.50. The molecule has 0 fully saturated rings. The minimum atomic E-state index is -4.87. The number of fused-ring (bicyclic) bond motifs is 1. The first-order valence-electron chi connectivity index (χ1n) is 6.84. The molecule has 8 heteroatoms. The third-order valence-corrected chi connectivity index (χ3v) is 4.89. The number of alkyl halides is 4. The van der Waals surface area contributed by atoms with Gasteiger partial charge in [0.1, 0.15) is 11.8 Å². The summed E-state index contributed by atoms with van der Waals surface area (Å²) in [5.74, 6) is -1.67. The number of benzene rings is 1. The zero-order valence-corrected chi connectivity index (χ0v) is 14.4. The van der Waals surface area contributed by atoms with Gasteiger partial charge in [-0.15, -0.1) is 0 Å². The second-order valence-electron chi connectivity index (χ2n) is 5.21. The van der Waals surface area contributed by atoms with Gasteiger partial charge in [-0.3, -0.25) is 4.79 Å². The fraction of sp³-hybridized carbons (Fsp3) is 0.467. The summed E-state index contributed by atoms with van der Waals surface area (Å²) < 4.78 is 43.8. The van der Waals surface area contributed by atoms with E-state index in [-0.39, 0.29) is 19.0 Å². The number of methoxy groups -OCH3 is 1. The molecule has 0 bridgehead atoms. The predicted molar refractivity (Wildman–Crippen MR) is 85.7 cm³/mol. The Kier molecular flexibility index (Phi) is 5.39. The van der Waals surface area contributed by atoms with Crippen molar-refractivity contribution in [3.05, 3.63) is 28.8 Å². The van der Waals surface area contributed by atoms with Crippen molar-refractivity contribution in [1.29, 1.82) is 5.26 Å². The molecule has 0 N–H and O–H groups in total. The number of nitriles is 1. The quantitative estimate of drug-likeness (QED) is 0.527. The number of hydrogen-bond acceptors (Lipinski definition) is 3. The summed E-state index contributed by atoms with van der Waals surface area (Å²) in [6.45, 7) is -0.0149. The molecule has 4 nitrogen and oxygen atoms in total. The van der Waals surface area contributed by atoms with E-state index in [0.29, 0.717) is 22.2 Å². The second kappa shape index (κ2) is 6.95. The average molecular weight is 438 g/mol. The SMILES string of the molecule is COc1cc2c(cc1C#N)C(CI)CN(C(=O)C(F)(F)F)CC2. The molecule has 0 aliphatic carbocycles. The molecule has 0 saturated carbocycles. The summed E-state index contributed by atoms with van der Waals surface area (Å²) in [6.07, 6.45) is -4.58. The lowest BCUT2D eigenvalue weighted by Gasteiger charge is -2.25. The zero-order valence-electron chi connectivity index (χ0n) is 12.3. The van der Waals surface area contributed by atoms with Crippen molar-refractivity contribution in [2.45, 2.75) is 18.5 Å². The van der Waals surface area contributed by atoms with E-state index in [1.165, 1.54) is 7.11 Å². The van der Waals surface area contributed by atoms with Crippen LogP contribution in [0.2, 0.25) is 0 Å². The summed E-state index contributed by atoms with van der Waals surface area (Å²) in [4.78, 5) is 12.4. The number of rotatable bonds is 2. The minimum Gasteiger partial charge on any atom is -0.495 e. The Morgan fingerprint density at radius 3 is 2.74 bits per heavy atom. The lowest BCUT2D eigenvalue weighted by atomic mass is 9.93. The van der Waals surface area contributed by atoms with E-state index in [0.717, 1.165) is 16.0 Å². The fourth-order valence-corrected chi connectivity index (χ4v) is 3.45. The summed E-state index contributed by atoms with van der Waals surface area (Å²) in [7, 11) is 1.44. The Morgan fingerprint density at radius 2 is 2.22 bits per heavy atom. The van der Waals surface area contributed by atoms with Gasteiger partial charge in [0.15, 0.2) is 0 Å². The maximum absolute atomic E-state index is 12.7. The van der Waals surface area contributed by atoms with Crippen LogP contribution in [-0.4, -0.2) is 41.6 Å². The Morgan fingerprint density at radius 1 is 1.52 bits per heavy atom. The molecular weight excluding hydrogens is 424 g/mol. The van der Waals surface area contributed by atoms with Crippen molar-refractivity contribution in [3.8, 4) is 11.8 Å². The molecule has 0 spiro atoms. The summed E-state index contributed by atoms with van der Waals surface area (Å²) in [5.41, 5.74) is 1.98. The molecule has 0 aromatic heterocycles. The van der Waals surface area contributed by atoms with E-state index in [4.69, 9.17) is 4.74 Å². The van der Waals surface area contributed by atoms with Crippen molar-refractivity contribution in [2.75, 3.05) is 24.6 Å². The van der Waals surface area contributed by atoms with Crippen LogP contribution in [0, 0.1) is 11.3 Å². The molecule has 1 aromatic carbocycles. The van der Waals surface area contributed by atoms with Crippen molar-refractivity contribution >= 4 is 28.5 Å². The number of hydrogen-bond donors (Lipinski definition) is 0. The van der Waals surface area contributed by atoms with E-state index in [1.807, 2.05) is 6.07 Å². The van der Waals surface area contributed by atoms with Crippen LogP contribution in [0.15, 0.2) is 12.1 Å². The van der Waals surface area contributed by atoms with Crippen LogP contribution < -0.4 is 4.74 Å². The molecule has 1 unspecified atom stereocenters. The maximum Gasteiger partial charge on any atom is 0.471 e. The van der Waals surface area contributed by atoms with Crippen LogP contribution in [-0.2, 0) is 11.2 Å². The van der Waals surface area contributed by atoms with Crippen molar-refractivity contribution in [3.63, 3.8) is 0 Å². The van der Waals surface area contributed by atoms with E-state index in [1.54, 1.807) is 12.1 Å². The van der Waals surface area contributed by atoms with Crippen LogP contribution in [0.4, 0.5) is 13.2 Å². The van der Waals surface area contributed by atoms with E-state index >= 15 is 0 Å². The highest BCUT2D eigenvalue weighted by atomic mass is 127. The van der Waals surface area contributed by atoms with Gasteiger partial charge in [-0.2, -0.15) is 18.4 Å². The lowest BCUT2D eigenvalue weighted by Crippen LogP contribution is -2.43. The minimum absolute atomic E-state index is 0.00641. The topological polar surface area (TPSA) is 53.3 Å². The first-order valence-corrected chi connectivity index (χ1v) is 8.37. The molecule has 23 heavy (non-hydrogen) atoms. The van der Waals surface area contributed by atoms with Crippen LogP contribution >= 0.6 is 22.6 Å². The van der Waals surface area contributed by atoms with Gasteiger partial charge in [-0.25, -0.2) is 0 Å². The number of ether oxygens (including phenoxy) is 1. The third kappa shape index (κ3) is 3.71. The Bertz CT molecular complexity index is 655. The standard InChI is InChI=1S/C15H14F3IN2O2/c1-23-13-5-9-2-3-21(14(22)15(16,17)18)8-11(6-19)12(9)4-10(13)7-20/h4-5,11H,2-3,6,8H2,1H3. The van der Waals surface area contributed by atoms with Crippen LogP contribution in [0.1, 0.15) is 22.6 Å². The maximum atomic E-state index is 12.7.